The Morgan fingerprint density at radius 3 is 2.35 bits per heavy atom. The number of hydrogen-bond donors (Lipinski definition) is 1. The van der Waals surface area contributed by atoms with Gasteiger partial charge in [0.25, 0.3) is 16.0 Å². The molecule has 1 amide bonds. The van der Waals surface area contributed by atoms with Crippen LogP contribution < -0.4 is 10.1 Å². The largest absolute Gasteiger partial charge is 0.491 e. The van der Waals surface area contributed by atoms with Crippen molar-refractivity contribution in [3.8, 4) is 11.8 Å². The number of benzene rings is 2. The predicted octanol–water partition coefficient (Wildman–Crippen LogP) is 5.87. The van der Waals surface area contributed by atoms with Crippen LogP contribution in [0.1, 0.15) is 61.0 Å². The number of amides is 1. The molecule has 0 aliphatic rings. The molecule has 0 aliphatic carbocycles. The Morgan fingerprint density at radius 1 is 1.09 bits per heavy atom. The number of para-hydroxylation sites is 1. The summed E-state index contributed by atoms with van der Waals surface area (Å²) in [5.74, 6) is -0.735. The molecule has 43 heavy (non-hydrogen) atoms. The first-order chi connectivity index (χ1) is 20.2. The van der Waals surface area contributed by atoms with Gasteiger partial charge < -0.3 is 18.9 Å². The zero-order valence-corrected chi connectivity index (χ0v) is 29.5. The number of ether oxygens (including phenoxy) is 1. The van der Waals surface area contributed by atoms with E-state index in [1.165, 1.54) is 0 Å². The van der Waals surface area contributed by atoms with Crippen LogP contribution in [0.5, 0.6) is 5.75 Å². The summed E-state index contributed by atoms with van der Waals surface area (Å²) in [5, 5.41) is 13.5. The lowest BCUT2D eigenvalue weighted by Gasteiger charge is -2.35. The molecule has 4 radical (unpaired) electrons. The van der Waals surface area contributed by atoms with E-state index in [0.29, 0.717) is 16.5 Å². The summed E-state index contributed by atoms with van der Waals surface area (Å²) in [4.78, 5) is 13.5. The first-order valence-electron chi connectivity index (χ1n) is 13.6. The summed E-state index contributed by atoms with van der Waals surface area (Å²) in [5.41, 5.74) is 0.995. The molecule has 14 heteroatoms. The van der Waals surface area contributed by atoms with Gasteiger partial charge in [0.2, 0.25) is 19.5 Å². The molecule has 234 valence electrons. The Morgan fingerprint density at radius 2 is 1.77 bits per heavy atom. The van der Waals surface area contributed by atoms with E-state index in [0.717, 1.165) is 18.2 Å². The summed E-state index contributed by atoms with van der Waals surface area (Å²) in [6.07, 6.45) is 2.03. The van der Waals surface area contributed by atoms with Gasteiger partial charge in [0.1, 0.15) is 18.1 Å². The van der Waals surface area contributed by atoms with Crippen molar-refractivity contribution in [2.75, 3.05) is 26.0 Å². The van der Waals surface area contributed by atoms with Crippen LogP contribution in [0.4, 0.5) is 0 Å². The fourth-order valence-corrected chi connectivity index (χ4v) is 6.20. The van der Waals surface area contributed by atoms with Crippen molar-refractivity contribution in [1.82, 2.24) is 5.32 Å². The number of nitrogens with zero attached hydrogens (tertiary/aromatic N) is 1. The van der Waals surface area contributed by atoms with Crippen LogP contribution in [0.25, 0.3) is 0 Å². The van der Waals surface area contributed by atoms with Gasteiger partial charge in [-0.25, -0.2) is 0 Å². The molecule has 0 saturated heterocycles. The van der Waals surface area contributed by atoms with Crippen LogP contribution in [0.15, 0.2) is 36.4 Å². The second-order valence-electron chi connectivity index (χ2n) is 10.8. The van der Waals surface area contributed by atoms with Gasteiger partial charge in [-0.15, -0.1) is 0 Å². The lowest BCUT2D eigenvalue weighted by Crippen LogP contribution is -2.37. The van der Waals surface area contributed by atoms with Gasteiger partial charge in [-0.1, -0.05) is 56.1 Å². The normalized spacial score (nSPS) is 13.4. The molecule has 2 rings (SSSR count). The van der Waals surface area contributed by atoms with Crippen molar-refractivity contribution in [3.63, 3.8) is 0 Å². The van der Waals surface area contributed by atoms with Gasteiger partial charge in [0, 0.05) is 23.8 Å². The van der Waals surface area contributed by atoms with Crippen LogP contribution in [0, 0.1) is 22.7 Å². The third kappa shape index (κ3) is 12.2. The number of carbonyl (C=O) groups excluding carboxylic acids is 1. The molecule has 2 aromatic carbocycles. The fourth-order valence-electron chi connectivity index (χ4n) is 4.16. The SMILES string of the molecule is C[Si]OC(O[Si]C)C(C)(C)CC[C@H](CNC(=O)c1cccc(C#N)c1OC[C@@H](C)COS(C)(=O)=O)c1ccc(Cl)c(Cl)c1. The van der Waals surface area contributed by atoms with Crippen molar-refractivity contribution in [1.29, 1.82) is 5.26 Å². The van der Waals surface area contributed by atoms with E-state index in [4.69, 9.17) is 41.0 Å². The molecule has 2 atom stereocenters. The quantitative estimate of drug-likeness (QED) is 0.117. The summed E-state index contributed by atoms with van der Waals surface area (Å²) in [7, 11) is -3.04. The molecule has 0 saturated carbocycles. The fraction of sp³-hybridized carbons (Fsp3) is 0.517. The van der Waals surface area contributed by atoms with Crippen molar-refractivity contribution in [2.24, 2.45) is 11.3 Å². The first kappa shape index (κ1) is 37.2. The van der Waals surface area contributed by atoms with Crippen LogP contribution in [0.2, 0.25) is 23.1 Å². The molecule has 1 N–H and O–H groups in total. The van der Waals surface area contributed by atoms with E-state index in [1.54, 1.807) is 31.2 Å². The van der Waals surface area contributed by atoms with E-state index in [9.17, 15) is 18.5 Å². The van der Waals surface area contributed by atoms with Crippen LogP contribution in [-0.2, 0) is 23.2 Å². The maximum atomic E-state index is 13.5. The molecule has 0 unspecified atom stereocenters. The average molecular weight is 686 g/mol. The number of nitrogens with one attached hydrogen (secondary N) is 1. The van der Waals surface area contributed by atoms with Crippen LogP contribution in [0.3, 0.4) is 0 Å². The van der Waals surface area contributed by atoms with E-state index < -0.39 is 16.0 Å². The third-order valence-electron chi connectivity index (χ3n) is 6.61. The number of carbonyl (C=O) groups is 1. The highest BCUT2D eigenvalue weighted by molar-refractivity contribution is 7.85. The number of nitriles is 1. The van der Waals surface area contributed by atoms with E-state index >= 15 is 0 Å². The maximum Gasteiger partial charge on any atom is 0.264 e. The van der Waals surface area contributed by atoms with E-state index in [2.05, 4.69) is 25.2 Å². The number of hydrogen-bond acceptors (Lipinski definition) is 8. The van der Waals surface area contributed by atoms with Crippen molar-refractivity contribution < 1.29 is 31.0 Å². The summed E-state index contributed by atoms with van der Waals surface area (Å²) in [6, 6.07) is 12.2. The minimum atomic E-state index is -3.61. The molecular weight excluding hydrogens is 647 g/mol. The highest BCUT2D eigenvalue weighted by Crippen LogP contribution is 2.35. The number of halogens is 2. The average Bonchev–Trinajstić information content (AvgIpc) is 2.95. The topological polar surface area (TPSA) is 124 Å². The Bertz CT molecular complexity index is 1370. The van der Waals surface area contributed by atoms with Gasteiger partial charge in [-0.3, -0.25) is 8.98 Å². The summed E-state index contributed by atoms with van der Waals surface area (Å²) < 4.78 is 45.2. The Hall–Kier alpha value is -1.96. The van der Waals surface area contributed by atoms with Gasteiger partial charge in [0.15, 0.2) is 0 Å². The van der Waals surface area contributed by atoms with Crippen LogP contribution >= 0.6 is 23.2 Å². The van der Waals surface area contributed by atoms with E-state index in [-0.39, 0.29) is 79.7 Å². The van der Waals surface area contributed by atoms with Crippen molar-refractivity contribution in [2.45, 2.75) is 58.9 Å². The second-order valence-corrected chi connectivity index (χ2v) is 14.5. The van der Waals surface area contributed by atoms with E-state index in [1.807, 2.05) is 25.2 Å². The molecule has 0 aliphatic heterocycles. The van der Waals surface area contributed by atoms with Crippen molar-refractivity contribution >= 4 is 58.8 Å². The Labute approximate surface area is 270 Å². The molecule has 2 aromatic rings. The summed E-state index contributed by atoms with van der Waals surface area (Å²) >= 11 is 12.5. The number of rotatable bonds is 18. The molecule has 0 spiro atoms. The predicted molar refractivity (Wildman–Crippen MR) is 170 cm³/mol. The lowest BCUT2D eigenvalue weighted by atomic mass is 9.82. The first-order valence-corrected chi connectivity index (χ1v) is 19.0. The highest BCUT2D eigenvalue weighted by atomic mass is 35.5. The molecule has 9 nitrogen and oxygen atoms in total. The monoisotopic (exact) mass is 684 g/mol. The standard InChI is InChI=1S/C29H38Cl2N2O7SSi2/c1-19(18-38-41(4,35)36)17-37-26-21(15-32)8-7-9-23(26)27(34)33-16-22(20-10-11-24(30)25(31)14-20)12-13-29(2,3)28(39-42-5)40-43-6/h7-11,14,19,22,28H,12-13,16-18H2,1-6H3,(H,33,34)/t19-,22-/m1/s1. The Balaban J connectivity index is 2.25. The zero-order chi connectivity index (χ0) is 32.2. The van der Waals surface area contributed by atoms with Gasteiger partial charge >= 0.3 is 0 Å². The minimum Gasteiger partial charge on any atom is -0.491 e. The molecule has 0 aromatic heterocycles. The Kier molecular flexibility index (Phi) is 15.2. The molecule has 0 fully saturated rings. The molecule has 0 heterocycles. The third-order valence-corrected chi connectivity index (χ3v) is 8.81. The zero-order valence-electron chi connectivity index (χ0n) is 25.2. The molecular formula is C29H38Cl2N2O7SSi2. The molecule has 0 bridgehead atoms. The van der Waals surface area contributed by atoms with Crippen LogP contribution in [-0.4, -0.2) is 66.2 Å². The lowest BCUT2D eigenvalue weighted by molar-refractivity contribution is -0.0831. The minimum absolute atomic E-state index is 0.0391. The van der Waals surface area contributed by atoms with Gasteiger partial charge in [0.05, 0.1) is 40.6 Å². The summed E-state index contributed by atoms with van der Waals surface area (Å²) in [6.45, 7) is 10.1. The highest BCUT2D eigenvalue weighted by Gasteiger charge is 2.32. The maximum absolute atomic E-state index is 13.5. The van der Waals surface area contributed by atoms with Crippen molar-refractivity contribution in [3.05, 3.63) is 63.1 Å². The smallest absolute Gasteiger partial charge is 0.264 e. The van der Waals surface area contributed by atoms with Gasteiger partial charge in [-0.2, -0.15) is 13.7 Å². The second kappa shape index (κ2) is 17.5. The van der Waals surface area contributed by atoms with Gasteiger partial charge in [-0.05, 0) is 55.8 Å².